The van der Waals surface area contributed by atoms with Gasteiger partial charge in [-0.1, -0.05) is 146 Å². The van der Waals surface area contributed by atoms with E-state index in [4.69, 9.17) is 39.9 Å². The molecule has 0 saturated heterocycles. The first kappa shape index (κ1) is 40.7. The molecule has 70 heavy (non-hydrogen) atoms. The van der Waals surface area contributed by atoms with Gasteiger partial charge in [0, 0.05) is 62.3 Å². The molecule has 4 aromatic heterocycles. The molecule has 6 aromatic carbocycles. The Morgan fingerprint density at radius 3 is 0.929 bits per heavy atom. The molecule has 0 atom stereocenters. The first-order valence-electron chi connectivity index (χ1n) is 24.6. The molecule has 0 unspecified atom stereocenters. The minimum atomic E-state index is -0.0525. The lowest BCUT2D eigenvalue weighted by Crippen LogP contribution is -2.55. The van der Waals surface area contributed by atoms with Gasteiger partial charge in [0.05, 0.1) is 11.4 Å². The van der Waals surface area contributed by atoms with Crippen LogP contribution in [0.25, 0.3) is 102 Å². The van der Waals surface area contributed by atoms with Crippen molar-refractivity contribution in [1.29, 1.82) is 0 Å². The SMILES string of the molecule is c1ccc(-c2nc(-c3ccccc3)nc(-c3ccc(-c4ccc5c(c4)C4(c6cc(-c7ccc(-c8nc(-c9ccccc9)nc(-c9ccccc9)n8)cn7)ccc6-5)C5CC6CC(C5)CC4C6)nc3)n2)cc1. The van der Waals surface area contributed by atoms with Gasteiger partial charge in [0.1, 0.15) is 0 Å². The second-order valence-electron chi connectivity index (χ2n) is 19.6. The van der Waals surface area contributed by atoms with Crippen molar-refractivity contribution in [3.05, 3.63) is 206 Å². The van der Waals surface area contributed by atoms with Crippen LogP contribution >= 0.6 is 0 Å². The summed E-state index contributed by atoms with van der Waals surface area (Å²) in [6.07, 6.45) is 10.4. The van der Waals surface area contributed by atoms with Gasteiger partial charge in [0.2, 0.25) is 0 Å². The van der Waals surface area contributed by atoms with Crippen molar-refractivity contribution in [2.24, 2.45) is 23.7 Å². The fourth-order valence-electron chi connectivity index (χ4n) is 12.8. The summed E-state index contributed by atoms with van der Waals surface area (Å²) < 4.78 is 0. The van der Waals surface area contributed by atoms with Crippen LogP contribution in [0.5, 0.6) is 0 Å². The molecule has 1 spiro atoms. The van der Waals surface area contributed by atoms with E-state index < -0.39 is 0 Å². The summed E-state index contributed by atoms with van der Waals surface area (Å²) in [5, 5.41) is 0. The normalized spacial score (nSPS) is 19.0. The third-order valence-electron chi connectivity index (χ3n) is 15.7. The first-order valence-corrected chi connectivity index (χ1v) is 24.6. The third-order valence-corrected chi connectivity index (χ3v) is 15.7. The Labute approximate surface area is 406 Å². The molecule has 4 fully saturated rings. The molecule has 334 valence electrons. The number of hydrogen-bond donors (Lipinski definition) is 0. The summed E-state index contributed by atoms with van der Waals surface area (Å²) in [7, 11) is 0. The molecule has 5 aliphatic carbocycles. The highest BCUT2D eigenvalue weighted by Crippen LogP contribution is 2.69. The maximum absolute atomic E-state index is 5.13. The Hall–Kier alpha value is -8.36. The zero-order valence-corrected chi connectivity index (χ0v) is 38.4. The summed E-state index contributed by atoms with van der Waals surface area (Å²) in [5.74, 6) is 6.61. The van der Waals surface area contributed by atoms with Crippen molar-refractivity contribution in [3.63, 3.8) is 0 Å². The van der Waals surface area contributed by atoms with Crippen LogP contribution in [0.3, 0.4) is 0 Å². The second kappa shape index (κ2) is 16.4. The van der Waals surface area contributed by atoms with Crippen LogP contribution in [0, 0.1) is 23.7 Å². The van der Waals surface area contributed by atoms with Gasteiger partial charge in [0.25, 0.3) is 0 Å². The Morgan fingerprint density at radius 1 is 0.300 bits per heavy atom. The largest absolute Gasteiger partial charge is 0.255 e. The molecule has 8 heteroatoms. The number of benzene rings is 6. The van der Waals surface area contributed by atoms with Gasteiger partial charge >= 0.3 is 0 Å². The van der Waals surface area contributed by atoms with Gasteiger partial charge in [-0.15, -0.1) is 0 Å². The van der Waals surface area contributed by atoms with E-state index in [1.54, 1.807) is 0 Å². The third kappa shape index (κ3) is 6.80. The van der Waals surface area contributed by atoms with Gasteiger partial charge in [0.15, 0.2) is 34.9 Å². The van der Waals surface area contributed by atoms with Gasteiger partial charge < -0.3 is 0 Å². The fraction of sp³-hybridized carbons (Fsp3) is 0.161. The summed E-state index contributed by atoms with van der Waals surface area (Å²) >= 11 is 0. The maximum Gasteiger partial charge on any atom is 0.165 e. The van der Waals surface area contributed by atoms with Crippen molar-refractivity contribution in [2.45, 2.75) is 37.5 Å². The van der Waals surface area contributed by atoms with Crippen molar-refractivity contribution in [3.8, 4) is 102 Å². The number of rotatable bonds is 8. The zero-order valence-electron chi connectivity index (χ0n) is 38.4. The van der Waals surface area contributed by atoms with E-state index in [0.717, 1.165) is 67.7 Å². The van der Waals surface area contributed by atoms with Crippen LogP contribution in [0.4, 0.5) is 0 Å². The number of nitrogens with zero attached hydrogens (tertiary/aromatic N) is 8. The van der Waals surface area contributed by atoms with E-state index in [0.29, 0.717) is 46.8 Å². The molecule has 0 radical (unpaired) electrons. The average Bonchev–Trinajstić information content (AvgIpc) is 3.72. The molecule has 4 heterocycles. The average molecular weight is 903 g/mol. The van der Waals surface area contributed by atoms with Gasteiger partial charge in [-0.25, -0.2) is 29.9 Å². The maximum atomic E-state index is 5.13. The lowest BCUT2D eigenvalue weighted by Gasteiger charge is -2.61. The van der Waals surface area contributed by atoms with Crippen molar-refractivity contribution < 1.29 is 0 Å². The van der Waals surface area contributed by atoms with E-state index in [-0.39, 0.29) is 5.41 Å². The first-order chi connectivity index (χ1) is 34.6. The number of hydrogen-bond acceptors (Lipinski definition) is 8. The van der Waals surface area contributed by atoms with E-state index in [9.17, 15) is 0 Å². The molecule has 4 saturated carbocycles. The monoisotopic (exact) mass is 902 g/mol. The van der Waals surface area contributed by atoms with Gasteiger partial charge in [-0.3, -0.25) is 9.97 Å². The fourth-order valence-corrected chi connectivity index (χ4v) is 12.8. The van der Waals surface area contributed by atoms with E-state index in [2.05, 4.69) is 60.7 Å². The van der Waals surface area contributed by atoms with E-state index in [1.165, 1.54) is 54.4 Å². The highest BCUT2D eigenvalue weighted by molar-refractivity contribution is 5.86. The predicted octanol–water partition coefficient (Wildman–Crippen LogP) is 13.9. The second-order valence-corrected chi connectivity index (χ2v) is 19.6. The van der Waals surface area contributed by atoms with Gasteiger partial charge in [-0.05, 0) is 114 Å². The molecule has 10 aromatic rings. The predicted molar refractivity (Wildman–Crippen MR) is 276 cm³/mol. The van der Waals surface area contributed by atoms with E-state index >= 15 is 0 Å². The standard InChI is InChI=1S/C62H46N8/c1-5-13-40(14-6-1)56-65-57(41-15-7-2-8-16-41)68-60(67-56)46-23-27-54(63-36-46)44-21-25-50-51-26-22-45(35-53(51)62(52(50)34-44)48-30-38-29-39(32-48)33-49(62)31-38)55-28-24-47(37-64-55)61-69-58(42-17-9-3-10-18-42)66-59(70-61)43-19-11-4-12-20-43/h1-28,34-39,48-49H,29-33H2. The van der Waals surface area contributed by atoms with Crippen LogP contribution in [0.2, 0.25) is 0 Å². The summed E-state index contributed by atoms with van der Waals surface area (Å²) in [6, 6.07) is 63.2. The van der Waals surface area contributed by atoms with Crippen LogP contribution in [0.15, 0.2) is 194 Å². The smallest absolute Gasteiger partial charge is 0.165 e. The van der Waals surface area contributed by atoms with Crippen LogP contribution in [-0.4, -0.2) is 39.9 Å². The Balaban J connectivity index is 0.820. The number of fused-ring (bicyclic) bond motifs is 3. The quantitative estimate of drug-likeness (QED) is 0.149. The molecule has 8 nitrogen and oxygen atoms in total. The molecule has 0 aliphatic heterocycles. The van der Waals surface area contributed by atoms with Crippen LogP contribution in [0.1, 0.15) is 43.2 Å². The minimum Gasteiger partial charge on any atom is -0.255 e. The van der Waals surface area contributed by atoms with Gasteiger partial charge in [-0.2, -0.15) is 0 Å². The number of pyridine rings is 2. The van der Waals surface area contributed by atoms with Crippen LogP contribution < -0.4 is 0 Å². The topological polar surface area (TPSA) is 103 Å². The highest BCUT2D eigenvalue weighted by Gasteiger charge is 2.61. The van der Waals surface area contributed by atoms with Crippen molar-refractivity contribution in [1.82, 2.24) is 39.9 Å². The summed E-state index contributed by atoms with van der Waals surface area (Å²) in [5.41, 5.74) is 15.3. The van der Waals surface area contributed by atoms with Crippen LogP contribution in [-0.2, 0) is 5.41 Å². The lowest BCUT2D eigenvalue weighted by molar-refractivity contribution is -0.0399. The molecule has 0 amide bonds. The molecule has 4 bridgehead atoms. The Kier molecular flexibility index (Phi) is 9.54. The Morgan fingerprint density at radius 2 is 0.614 bits per heavy atom. The molecule has 15 rings (SSSR count). The van der Waals surface area contributed by atoms with Crippen molar-refractivity contribution in [2.75, 3.05) is 0 Å². The Bertz CT molecular complexity index is 3220. The lowest BCUT2D eigenvalue weighted by atomic mass is 9.43. The zero-order chi connectivity index (χ0) is 46.2. The summed E-state index contributed by atoms with van der Waals surface area (Å²) in [4.78, 5) is 39.9. The summed E-state index contributed by atoms with van der Waals surface area (Å²) in [6.45, 7) is 0. The number of aromatic nitrogens is 8. The molecular weight excluding hydrogens is 857 g/mol. The molecule has 5 aliphatic rings. The highest BCUT2D eigenvalue weighted by atomic mass is 15.0. The minimum absolute atomic E-state index is 0.0525. The van der Waals surface area contributed by atoms with E-state index in [1.807, 2.05) is 134 Å². The molecule has 0 N–H and O–H groups in total. The molecular formula is C62H46N8. The van der Waals surface area contributed by atoms with Crippen molar-refractivity contribution >= 4 is 0 Å².